The third-order valence-electron chi connectivity index (χ3n) is 3.89. The van der Waals surface area contributed by atoms with Gasteiger partial charge in [-0.2, -0.15) is 13.2 Å². The predicted octanol–water partition coefficient (Wildman–Crippen LogP) is 4.63. The zero-order valence-corrected chi connectivity index (χ0v) is 16.2. The summed E-state index contributed by atoms with van der Waals surface area (Å²) < 4.78 is 44.4. The van der Waals surface area contributed by atoms with Gasteiger partial charge in [0.05, 0.1) is 46.1 Å². The molecule has 0 atom stereocenters. The molecule has 0 saturated carbocycles. The molecule has 11 heteroatoms. The van der Waals surface area contributed by atoms with Gasteiger partial charge < -0.3 is 14.5 Å². The molecule has 6 nitrogen and oxygen atoms in total. The van der Waals surface area contributed by atoms with Crippen molar-refractivity contribution >= 4 is 46.4 Å². The number of nitrogens with one attached hydrogen (secondary N) is 1. The van der Waals surface area contributed by atoms with E-state index >= 15 is 0 Å². The van der Waals surface area contributed by atoms with Crippen LogP contribution in [0.4, 0.5) is 18.9 Å². The average Bonchev–Trinajstić information content (AvgIpc) is 3.05. The number of halogens is 5. The maximum Gasteiger partial charge on any atom is 0.417 e. The molecule has 0 aliphatic heterocycles. The van der Waals surface area contributed by atoms with Crippen molar-refractivity contribution in [2.75, 3.05) is 12.4 Å². The summed E-state index contributed by atoms with van der Waals surface area (Å²) >= 11 is 11.9. The Morgan fingerprint density at radius 2 is 1.90 bits per heavy atom. The smallest absolute Gasteiger partial charge is 0.417 e. The summed E-state index contributed by atoms with van der Waals surface area (Å²) in [6.45, 7) is 0. The minimum absolute atomic E-state index is 0.0909. The number of hydrogen-bond acceptors (Lipinski definition) is 4. The first-order chi connectivity index (χ1) is 13.6. The Labute approximate surface area is 172 Å². The number of carbonyl (C=O) groups excluding carboxylic acids is 2. The number of nitrogens with zero attached hydrogens (tertiary/aromatic N) is 2. The molecule has 0 aliphatic rings. The molecular weight excluding hydrogens is 434 g/mol. The first-order valence-corrected chi connectivity index (χ1v) is 8.76. The van der Waals surface area contributed by atoms with Gasteiger partial charge in [0.15, 0.2) is 5.65 Å². The molecule has 3 rings (SSSR count). The summed E-state index contributed by atoms with van der Waals surface area (Å²) in [5.74, 6) is -1.14. The van der Waals surface area contributed by atoms with Gasteiger partial charge in [0.25, 0.3) is 0 Å². The number of esters is 1. The van der Waals surface area contributed by atoms with Crippen LogP contribution in [0.2, 0.25) is 10.0 Å². The second kappa shape index (κ2) is 7.92. The van der Waals surface area contributed by atoms with E-state index in [1.807, 2.05) is 0 Å². The second-order valence-electron chi connectivity index (χ2n) is 5.95. The van der Waals surface area contributed by atoms with Crippen molar-refractivity contribution in [3.63, 3.8) is 0 Å². The molecule has 1 N–H and O–H groups in total. The Morgan fingerprint density at radius 1 is 1.17 bits per heavy atom. The molecule has 3 aromatic rings. The van der Waals surface area contributed by atoms with Crippen molar-refractivity contribution in [2.45, 2.75) is 12.6 Å². The average molecular weight is 446 g/mol. The Hall–Kier alpha value is -2.78. The highest BCUT2D eigenvalue weighted by Gasteiger charge is 2.32. The lowest BCUT2D eigenvalue weighted by Gasteiger charge is -2.08. The number of pyridine rings is 1. The van der Waals surface area contributed by atoms with Gasteiger partial charge in [-0.05, 0) is 24.3 Å². The van der Waals surface area contributed by atoms with E-state index in [0.717, 1.165) is 16.7 Å². The molecule has 0 aliphatic carbocycles. The lowest BCUT2D eigenvalue weighted by molar-refractivity contribution is -0.137. The van der Waals surface area contributed by atoms with Crippen LogP contribution in [0.1, 0.15) is 21.6 Å². The summed E-state index contributed by atoms with van der Waals surface area (Å²) in [5, 5.41) is 2.53. The van der Waals surface area contributed by atoms with Crippen LogP contribution in [0.15, 0.2) is 36.7 Å². The SMILES string of the molecule is COC(=O)c1ccc(Cl)c(NC(=O)Cc2cn3cc(C(F)(F)F)cc(Cl)c3n2)c1. The number of anilines is 1. The fourth-order valence-corrected chi connectivity index (χ4v) is 2.99. The highest BCUT2D eigenvalue weighted by atomic mass is 35.5. The predicted molar refractivity (Wildman–Crippen MR) is 100 cm³/mol. The summed E-state index contributed by atoms with van der Waals surface area (Å²) in [6.07, 6.45) is -2.70. The zero-order valence-electron chi connectivity index (χ0n) is 14.7. The fourth-order valence-electron chi connectivity index (χ4n) is 2.57. The molecule has 2 heterocycles. The maximum absolute atomic E-state index is 12.9. The topological polar surface area (TPSA) is 72.7 Å². The van der Waals surface area contributed by atoms with Crippen LogP contribution in [0, 0.1) is 0 Å². The minimum Gasteiger partial charge on any atom is -0.465 e. The number of methoxy groups -OCH3 is 1. The van der Waals surface area contributed by atoms with E-state index < -0.39 is 23.6 Å². The van der Waals surface area contributed by atoms with E-state index in [-0.39, 0.29) is 39.1 Å². The Kier molecular flexibility index (Phi) is 5.72. The number of amides is 1. The van der Waals surface area contributed by atoms with E-state index in [2.05, 4.69) is 15.0 Å². The number of benzene rings is 1. The molecule has 0 radical (unpaired) electrons. The number of aromatic nitrogens is 2. The van der Waals surface area contributed by atoms with Gasteiger partial charge in [-0.15, -0.1) is 0 Å². The molecule has 2 aromatic heterocycles. The van der Waals surface area contributed by atoms with Crippen molar-refractivity contribution < 1.29 is 27.5 Å². The first-order valence-electron chi connectivity index (χ1n) is 8.00. The third-order valence-corrected chi connectivity index (χ3v) is 4.49. The molecule has 0 saturated heterocycles. The molecule has 1 amide bonds. The van der Waals surface area contributed by atoms with Gasteiger partial charge in [-0.1, -0.05) is 23.2 Å². The molecule has 1 aromatic carbocycles. The quantitative estimate of drug-likeness (QED) is 0.594. The van der Waals surface area contributed by atoms with Crippen LogP contribution in [0.5, 0.6) is 0 Å². The molecule has 0 unspecified atom stereocenters. The Balaban J connectivity index is 1.82. The summed E-state index contributed by atoms with van der Waals surface area (Å²) in [7, 11) is 1.22. The molecule has 0 bridgehead atoms. The molecule has 152 valence electrons. The van der Waals surface area contributed by atoms with E-state index in [1.54, 1.807) is 0 Å². The zero-order chi connectivity index (χ0) is 21.3. The van der Waals surface area contributed by atoms with E-state index in [1.165, 1.54) is 31.5 Å². The highest BCUT2D eigenvalue weighted by Crippen LogP contribution is 2.32. The number of hydrogen-bond donors (Lipinski definition) is 1. The molecule has 0 spiro atoms. The van der Waals surface area contributed by atoms with Crippen molar-refractivity contribution in [1.29, 1.82) is 0 Å². The minimum atomic E-state index is -4.57. The van der Waals surface area contributed by atoms with Crippen molar-refractivity contribution in [2.24, 2.45) is 0 Å². The standard InChI is InChI=1S/C18H12Cl2F3N3O3/c1-29-17(28)9-2-3-12(19)14(4-9)25-15(27)6-11-8-26-7-10(18(21,22)23)5-13(20)16(26)24-11/h2-5,7-8H,6H2,1H3,(H,25,27). The van der Waals surface area contributed by atoms with E-state index in [0.29, 0.717) is 0 Å². The van der Waals surface area contributed by atoms with Crippen LogP contribution in [-0.2, 0) is 22.1 Å². The van der Waals surface area contributed by atoms with Crippen molar-refractivity contribution in [3.05, 3.63) is 63.5 Å². The van der Waals surface area contributed by atoms with Gasteiger partial charge >= 0.3 is 12.1 Å². The lowest BCUT2D eigenvalue weighted by atomic mass is 10.2. The van der Waals surface area contributed by atoms with Gasteiger partial charge in [0.2, 0.25) is 5.91 Å². The number of carbonyl (C=O) groups is 2. The number of ether oxygens (including phenoxy) is 1. The normalized spacial score (nSPS) is 11.5. The Bertz CT molecular complexity index is 1110. The molecule has 29 heavy (non-hydrogen) atoms. The van der Waals surface area contributed by atoms with E-state index in [9.17, 15) is 22.8 Å². The fraction of sp³-hybridized carbons (Fsp3) is 0.167. The van der Waals surface area contributed by atoms with Crippen LogP contribution in [0.3, 0.4) is 0 Å². The van der Waals surface area contributed by atoms with Gasteiger partial charge in [-0.3, -0.25) is 4.79 Å². The second-order valence-corrected chi connectivity index (χ2v) is 6.76. The lowest BCUT2D eigenvalue weighted by Crippen LogP contribution is -2.15. The summed E-state index contributed by atoms with van der Waals surface area (Å²) in [4.78, 5) is 28.0. The summed E-state index contributed by atoms with van der Waals surface area (Å²) in [6, 6.07) is 4.98. The van der Waals surface area contributed by atoms with Crippen LogP contribution < -0.4 is 5.32 Å². The number of imidazole rings is 1. The van der Waals surface area contributed by atoms with Crippen molar-refractivity contribution in [3.8, 4) is 0 Å². The van der Waals surface area contributed by atoms with Gasteiger partial charge in [0.1, 0.15) is 0 Å². The number of fused-ring (bicyclic) bond motifs is 1. The summed E-state index contributed by atoms with van der Waals surface area (Å²) in [5.41, 5.74) is -0.279. The maximum atomic E-state index is 12.9. The number of alkyl halides is 3. The third kappa shape index (κ3) is 4.63. The van der Waals surface area contributed by atoms with Crippen LogP contribution >= 0.6 is 23.2 Å². The number of rotatable bonds is 4. The van der Waals surface area contributed by atoms with Crippen LogP contribution in [0.25, 0.3) is 5.65 Å². The van der Waals surface area contributed by atoms with Crippen molar-refractivity contribution in [1.82, 2.24) is 9.38 Å². The first kappa shape index (κ1) is 20.9. The highest BCUT2D eigenvalue weighted by molar-refractivity contribution is 6.34. The largest absolute Gasteiger partial charge is 0.465 e. The van der Waals surface area contributed by atoms with E-state index in [4.69, 9.17) is 23.2 Å². The molecule has 0 fully saturated rings. The van der Waals surface area contributed by atoms with Crippen LogP contribution in [-0.4, -0.2) is 28.4 Å². The molecular formula is C18H12Cl2F3N3O3. The monoisotopic (exact) mass is 445 g/mol. The Morgan fingerprint density at radius 3 is 2.55 bits per heavy atom. The van der Waals surface area contributed by atoms with Gasteiger partial charge in [0, 0.05) is 12.4 Å². The van der Waals surface area contributed by atoms with Gasteiger partial charge in [-0.25, -0.2) is 9.78 Å².